The molecule has 1 aliphatic carbocycles. The van der Waals surface area contributed by atoms with Crippen LogP contribution in [0.25, 0.3) is 10.8 Å². The lowest BCUT2D eigenvalue weighted by molar-refractivity contribution is 0.228. The minimum absolute atomic E-state index is 0.121. The second kappa shape index (κ2) is 7.48. The van der Waals surface area contributed by atoms with E-state index in [4.69, 9.17) is 4.42 Å². The quantitative estimate of drug-likeness (QED) is 0.605. The van der Waals surface area contributed by atoms with Crippen molar-refractivity contribution < 1.29 is 13.2 Å². The van der Waals surface area contributed by atoms with E-state index in [1.807, 2.05) is 18.9 Å². The molecule has 0 amide bonds. The standard InChI is InChI=1S/C20H21F2N3OS/c1-12(13-7-8-15(21)16(22)9-13)25(2)11-19-23-24-20(26-19)18-10-14-5-3-4-6-17(14)27-18/h7-10,12H,3-6,11H2,1-2H3. The molecule has 2 heterocycles. The molecular weight excluding hydrogens is 368 g/mol. The molecule has 1 unspecified atom stereocenters. The Kier molecular flexibility index (Phi) is 5.06. The lowest BCUT2D eigenvalue weighted by atomic mass is 9.99. The van der Waals surface area contributed by atoms with E-state index in [1.54, 1.807) is 17.4 Å². The van der Waals surface area contributed by atoms with E-state index in [2.05, 4.69) is 16.3 Å². The van der Waals surface area contributed by atoms with Crippen LogP contribution in [0.3, 0.4) is 0 Å². The van der Waals surface area contributed by atoms with E-state index in [0.717, 1.165) is 23.8 Å². The summed E-state index contributed by atoms with van der Waals surface area (Å²) in [7, 11) is 1.89. The Morgan fingerprint density at radius 1 is 1.15 bits per heavy atom. The van der Waals surface area contributed by atoms with Gasteiger partial charge in [0.1, 0.15) is 0 Å². The monoisotopic (exact) mass is 389 g/mol. The molecule has 1 aliphatic rings. The number of rotatable bonds is 5. The van der Waals surface area contributed by atoms with Crippen LogP contribution in [-0.2, 0) is 19.4 Å². The maximum Gasteiger partial charge on any atom is 0.257 e. The minimum Gasteiger partial charge on any atom is -0.419 e. The van der Waals surface area contributed by atoms with Crippen molar-refractivity contribution in [2.45, 2.75) is 45.2 Å². The second-order valence-electron chi connectivity index (χ2n) is 7.03. The second-order valence-corrected chi connectivity index (χ2v) is 8.17. The van der Waals surface area contributed by atoms with E-state index in [9.17, 15) is 8.78 Å². The number of halogens is 2. The number of hydrogen-bond acceptors (Lipinski definition) is 5. The van der Waals surface area contributed by atoms with Crippen molar-refractivity contribution in [2.75, 3.05) is 7.05 Å². The zero-order valence-electron chi connectivity index (χ0n) is 15.3. The summed E-state index contributed by atoms with van der Waals surface area (Å²) >= 11 is 1.74. The maximum absolute atomic E-state index is 13.5. The average Bonchev–Trinajstić information content (AvgIpc) is 3.29. The molecule has 3 aromatic rings. The third-order valence-corrected chi connectivity index (χ3v) is 6.37. The van der Waals surface area contributed by atoms with Crippen molar-refractivity contribution >= 4 is 11.3 Å². The van der Waals surface area contributed by atoms with Crippen molar-refractivity contribution in [3.63, 3.8) is 0 Å². The Morgan fingerprint density at radius 3 is 2.74 bits per heavy atom. The first-order valence-electron chi connectivity index (χ1n) is 9.11. The first-order valence-corrected chi connectivity index (χ1v) is 9.92. The van der Waals surface area contributed by atoms with Crippen LogP contribution in [0.2, 0.25) is 0 Å². The van der Waals surface area contributed by atoms with Gasteiger partial charge in [-0.1, -0.05) is 6.07 Å². The van der Waals surface area contributed by atoms with Gasteiger partial charge < -0.3 is 4.42 Å². The molecule has 1 aromatic carbocycles. The predicted octanol–water partition coefficient (Wildman–Crippen LogP) is 5.15. The van der Waals surface area contributed by atoms with Gasteiger partial charge in [0.25, 0.3) is 5.89 Å². The molecule has 142 valence electrons. The van der Waals surface area contributed by atoms with Gasteiger partial charge in [0.05, 0.1) is 11.4 Å². The topological polar surface area (TPSA) is 42.2 Å². The number of aryl methyl sites for hydroxylation is 2. The highest BCUT2D eigenvalue weighted by atomic mass is 32.1. The maximum atomic E-state index is 13.5. The number of hydrogen-bond donors (Lipinski definition) is 0. The number of fused-ring (bicyclic) bond motifs is 1. The lowest BCUT2D eigenvalue weighted by Gasteiger charge is -2.23. The van der Waals surface area contributed by atoms with Crippen molar-refractivity contribution in [1.29, 1.82) is 0 Å². The molecule has 1 atom stereocenters. The molecule has 0 spiro atoms. The van der Waals surface area contributed by atoms with E-state index in [0.29, 0.717) is 23.9 Å². The molecule has 0 saturated carbocycles. The highest BCUT2D eigenvalue weighted by Gasteiger charge is 2.20. The van der Waals surface area contributed by atoms with Crippen LogP contribution in [0.4, 0.5) is 8.78 Å². The van der Waals surface area contributed by atoms with Crippen LogP contribution in [0.15, 0.2) is 28.7 Å². The number of aromatic nitrogens is 2. The van der Waals surface area contributed by atoms with Gasteiger partial charge in [-0.15, -0.1) is 21.5 Å². The van der Waals surface area contributed by atoms with Gasteiger partial charge in [0.15, 0.2) is 11.6 Å². The van der Waals surface area contributed by atoms with Gasteiger partial charge in [-0.2, -0.15) is 0 Å². The van der Waals surface area contributed by atoms with Crippen molar-refractivity contribution in [1.82, 2.24) is 15.1 Å². The Bertz CT molecular complexity index is 929. The summed E-state index contributed by atoms with van der Waals surface area (Å²) in [6.45, 7) is 2.36. The highest BCUT2D eigenvalue weighted by Crippen LogP contribution is 2.35. The molecule has 0 fully saturated rings. The van der Waals surface area contributed by atoms with E-state index in [1.165, 1.54) is 29.3 Å². The molecule has 7 heteroatoms. The molecule has 0 bridgehead atoms. The van der Waals surface area contributed by atoms with Gasteiger partial charge >= 0.3 is 0 Å². The van der Waals surface area contributed by atoms with Gasteiger partial charge in [-0.25, -0.2) is 8.78 Å². The molecular formula is C20H21F2N3OS. The summed E-state index contributed by atoms with van der Waals surface area (Å²) < 4.78 is 32.5. The lowest BCUT2D eigenvalue weighted by Crippen LogP contribution is -2.22. The van der Waals surface area contributed by atoms with E-state index in [-0.39, 0.29) is 6.04 Å². The molecule has 0 saturated heterocycles. The molecule has 0 radical (unpaired) electrons. The minimum atomic E-state index is -0.839. The first kappa shape index (κ1) is 18.3. The van der Waals surface area contributed by atoms with Gasteiger partial charge in [0.2, 0.25) is 5.89 Å². The highest BCUT2D eigenvalue weighted by molar-refractivity contribution is 7.15. The number of nitrogens with zero attached hydrogens (tertiary/aromatic N) is 3. The smallest absolute Gasteiger partial charge is 0.257 e. The third kappa shape index (κ3) is 3.80. The third-order valence-electron chi connectivity index (χ3n) is 5.15. The number of benzene rings is 1. The summed E-state index contributed by atoms with van der Waals surface area (Å²) in [5.41, 5.74) is 2.10. The summed E-state index contributed by atoms with van der Waals surface area (Å²) in [6, 6.07) is 6.02. The summed E-state index contributed by atoms with van der Waals surface area (Å²) in [6.07, 6.45) is 4.75. The summed E-state index contributed by atoms with van der Waals surface area (Å²) in [4.78, 5) is 4.42. The van der Waals surface area contributed by atoms with Crippen LogP contribution >= 0.6 is 11.3 Å². The van der Waals surface area contributed by atoms with Gasteiger partial charge in [-0.3, -0.25) is 4.90 Å². The Balaban J connectivity index is 1.46. The van der Waals surface area contributed by atoms with Crippen LogP contribution in [0, 0.1) is 11.6 Å². The number of thiophene rings is 1. The fourth-order valence-electron chi connectivity index (χ4n) is 3.39. The normalized spacial score (nSPS) is 15.1. The molecule has 4 rings (SSSR count). The molecule has 27 heavy (non-hydrogen) atoms. The van der Waals surface area contributed by atoms with Crippen molar-refractivity contribution in [3.8, 4) is 10.8 Å². The predicted molar refractivity (Wildman–Crippen MR) is 100 cm³/mol. The van der Waals surface area contributed by atoms with Crippen LogP contribution in [-0.4, -0.2) is 22.1 Å². The van der Waals surface area contributed by atoms with Gasteiger partial charge in [-0.05, 0) is 69.0 Å². The first-order chi connectivity index (χ1) is 13.0. The van der Waals surface area contributed by atoms with E-state index < -0.39 is 11.6 Å². The fourth-order valence-corrected chi connectivity index (χ4v) is 4.57. The molecule has 0 N–H and O–H groups in total. The molecule has 2 aromatic heterocycles. The summed E-state index contributed by atoms with van der Waals surface area (Å²) in [5.74, 6) is -0.616. The van der Waals surface area contributed by atoms with Gasteiger partial charge in [0, 0.05) is 10.9 Å². The molecule has 0 aliphatic heterocycles. The van der Waals surface area contributed by atoms with Crippen LogP contribution in [0.1, 0.15) is 47.7 Å². The Hall–Kier alpha value is -2.12. The Labute approximate surface area is 160 Å². The average molecular weight is 389 g/mol. The molecule has 4 nitrogen and oxygen atoms in total. The van der Waals surface area contributed by atoms with E-state index >= 15 is 0 Å². The van der Waals surface area contributed by atoms with Crippen LogP contribution in [0.5, 0.6) is 0 Å². The van der Waals surface area contributed by atoms with Crippen molar-refractivity contribution in [2.24, 2.45) is 0 Å². The largest absolute Gasteiger partial charge is 0.419 e. The SMILES string of the molecule is CC(c1ccc(F)c(F)c1)N(C)Cc1nnc(-c2cc3c(s2)CCCC3)o1. The zero-order chi connectivity index (χ0) is 19.0. The Morgan fingerprint density at radius 2 is 1.96 bits per heavy atom. The fraction of sp³-hybridized carbons (Fsp3) is 0.400. The summed E-state index contributed by atoms with van der Waals surface area (Å²) in [5, 5.41) is 8.36. The zero-order valence-corrected chi connectivity index (χ0v) is 16.2. The van der Waals surface area contributed by atoms with Crippen molar-refractivity contribution in [3.05, 3.63) is 57.8 Å². The van der Waals surface area contributed by atoms with Crippen LogP contribution < -0.4 is 0 Å².